The lowest BCUT2D eigenvalue weighted by atomic mass is 9.75. The predicted molar refractivity (Wildman–Crippen MR) is 131 cm³/mol. The van der Waals surface area contributed by atoms with Crippen molar-refractivity contribution in [2.24, 2.45) is 5.92 Å². The van der Waals surface area contributed by atoms with Crippen LogP contribution in [0, 0.1) is 12.8 Å². The summed E-state index contributed by atoms with van der Waals surface area (Å²) >= 11 is 0. The molecule has 2 aromatic rings. The van der Waals surface area contributed by atoms with E-state index in [2.05, 4.69) is 35.4 Å². The van der Waals surface area contributed by atoms with Crippen molar-refractivity contribution < 1.29 is 14.3 Å². The Kier molecular flexibility index (Phi) is 7.26. The van der Waals surface area contributed by atoms with Crippen molar-refractivity contribution in [1.29, 1.82) is 0 Å². The van der Waals surface area contributed by atoms with E-state index >= 15 is 0 Å². The summed E-state index contributed by atoms with van der Waals surface area (Å²) in [5.74, 6) is 0.882. The number of carbonyl (C=O) groups excluding carboxylic acids is 2. The molecule has 1 aromatic heterocycles. The molecule has 0 aliphatic carbocycles. The predicted octanol–water partition coefficient (Wildman–Crippen LogP) is 3.38. The van der Waals surface area contributed by atoms with E-state index < -0.39 is 5.54 Å². The average molecular weight is 468 g/mol. The number of urea groups is 1. The lowest BCUT2D eigenvalue weighted by Crippen LogP contribution is -2.55. The van der Waals surface area contributed by atoms with E-state index in [1.54, 1.807) is 7.11 Å². The molecule has 2 aliphatic heterocycles. The molecule has 1 aromatic carbocycles. The molecule has 2 saturated heterocycles. The highest BCUT2D eigenvalue weighted by Gasteiger charge is 2.54. The lowest BCUT2D eigenvalue weighted by molar-refractivity contribution is -0.134. The molecule has 3 heterocycles. The number of ether oxygens (including phenoxy) is 1. The maximum absolute atomic E-state index is 13.5. The minimum atomic E-state index is -0.786. The highest BCUT2D eigenvalue weighted by molar-refractivity contribution is 6.07. The van der Waals surface area contributed by atoms with Gasteiger partial charge in [-0.15, -0.1) is 0 Å². The van der Waals surface area contributed by atoms with Crippen molar-refractivity contribution in [2.75, 3.05) is 26.7 Å². The number of hydrogen-bond donors (Lipinski definition) is 1. The summed E-state index contributed by atoms with van der Waals surface area (Å²) < 4.78 is 7.19. The summed E-state index contributed by atoms with van der Waals surface area (Å²) in [6.45, 7) is 10.1. The molecule has 1 N–H and O–H groups in total. The third-order valence-electron chi connectivity index (χ3n) is 7.59. The smallest absolute Gasteiger partial charge is 0.325 e. The van der Waals surface area contributed by atoms with Gasteiger partial charge in [0.1, 0.15) is 11.3 Å². The number of imide groups is 1. The van der Waals surface area contributed by atoms with Crippen molar-refractivity contribution in [3.05, 3.63) is 47.3 Å². The first-order valence-electron chi connectivity index (χ1n) is 12.4. The van der Waals surface area contributed by atoms with Gasteiger partial charge in [0.05, 0.1) is 12.8 Å². The standard InChI is InChI=1S/C26H37N5O3/c1-5-26(22-12-14-29(15-13-22)17-21-18-30(6-2)28-19(21)3)24(32)31(25(33)27-26)16-11-20-7-9-23(34-4)10-8-20/h7-10,18,22H,5-6,11-17H2,1-4H3,(H,27,33)/t26-/m1/s1. The van der Waals surface area contributed by atoms with Crippen LogP contribution in [0.1, 0.15) is 49.9 Å². The van der Waals surface area contributed by atoms with Gasteiger partial charge in [0.25, 0.3) is 5.91 Å². The molecule has 0 radical (unpaired) electrons. The van der Waals surface area contributed by atoms with Crippen LogP contribution < -0.4 is 10.1 Å². The zero-order valence-electron chi connectivity index (χ0n) is 20.8. The molecule has 0 spiro atoms. The van der Waals surface area contributed by atoms with Gasteiger partial charge in [-0.3, -0.25) is 19.3 Å². The van der Waals surface area contributed by atoms with Gasteiger partial charge in [0.15, 0.2) is 0 Å². The Labute approximate surface area is 202 Å². The van der Waals surface area contributed by atoms with Gasteiger partial charge in [0.2, 0.25) is 0 Å². The second-order valence-electron chi connectivity index (χ2n) is 9.46. The summed E-state index contributed by atoms with van der Waals surface area (Å²) in [7, 11) is 1.64. The summed E-state index contributed by atoms with van der Waals surface area (Å²) in [6, 6.07) is 7.50. The maximum Gasteiger partial charge on any atom is 0.325 e. The van der Waals surface area contributed by atoms with Crippen molar-refractivity contribution in [3.63, 3.8) is 0 Å². The van der Waals surface area contributed by atoms with Crippen LogP contribution in [0.25, 0.3) is 0 Å². The Bertz CT molecular complexity index is 1010. The molecule has 3 amide bonds. The number of nitrogens with one attached hydrogen (secondary N) is 1. The highest BCUT2D eigenvalue weighted by atomic mass is 16.5. The first-order valence-corrected chi connectivity index (χ1v) is 12.4. The molecule has 4 rings (SSSR count). The number of methoxy groups -OCH3 is 1. The second-order valence-corrected chi connectivity index (χ2v) is 9.46. The van der Waals surface area contributed by atoms with E-state index in [0.717, 1.165) is 56.0 Å². The monoisotopic (exact) mass is 467 g/mol. The van der Waals surface area contributed by atoms with Crippen molar-refractivity contribution in [3.8, 4) is 5.75 Å². The molecule has 0 bridgehead atoms. The van der Waals surface area contributed by atoms with Crippen molar-refractivity contribution >= 4 is 11.9 Å². The minimum absolute atomic E-state index is 0.0629. The van der Waals surface area contributed by atoms with Crippen LogP contribution in [0.3, 0.4) is 0 Å². The summed E-state index contributed by atoms with van der Waals surface area (Å²) in [5, 5.41) is 7.67. The largest absolute Gasteiger partial charge is 0.497 e. The molecular formula is C26H37N5O3. The van der Waals surface area contributed by atoms with Crippen LogP contribution in [-0.2, 0) is 24.3 Å². The molecular weight excluding hydrogens is 430 g/mol. The molecule has 2 aliphatic rings. The fourth-order valence-electron chi connectivity index (χ4n) is 5.39. The van der Waals surface area contributed by atoms with E-state index in [1.165, 1.54) is 10.5 Å². The fraction of sp³-hybridized carbons (Fsp3) is 0.577. The number of hydrogen-bond acceptors (Lipinski definition) is 5. The van der Waals surface area contributed by atoms with Gasteiger partial charge in [-0.1, -0.05) is 19.1 Å². The number of aromatic nitrogens is 2. The van der Waals surface area contributed by atoms with Gasteiger partial charge < -0.3 is 10.1 Å². The number of aryl methyl sites for hydroxylation is 2. The highest BCUT2D eigenvalue weighted by Crippen LogP contribution is 2.36. The first kappa shape index (κ1) is 24.3. The zero-order valence-corrected chi connectivity index (χ0v) is 20.8. The fourth-order valence-corrected chi connectivity index (χ4v) is 5.39. The molecule has 184 valence electrons. The number of rotatable bonds is 9. The summed E-state index contributed by atoms with van der Waals surface area (Å²) in [5.41, 5.74) is 2.64. The SMILES string of the molecule is CCn1cc(CN2CCC([C@@]3(CC)NC(=O)N(CCc4ccc(OC)cc4)C3=O)CC2)c(C)n1. The van der Waals surface area contributed by atoms with Gasteiger partial charge >= 0.3 is 6.03 Å². The number of amides is 3. The van der Waals surface area contributed by atoms with E-state index in [1.807, 2.05) is 35.9 Å². The van der Waals surface area contributed by atoms with Crippen LogP contribution in [0.15, 0.2) is 30.5 Å². The number of carbonyl (C=O) groups is 2. The summed E-state index contributed by atoms with van der Waals surface area (Å²) in [4.78, 5) is 30.2. The molecule has 8 nitrogen and oxygen atoms in total. The maximum atomic E-state index is 13.5. The molecule has 34 heavy (non-hydrogen) atoms. The molecule has 0 saturated carbocycles. The quantitative estimate of drug-likeness (QED) is 0.572. The second kappa shape index (κ2) is 10.2. The van der Waals surface area contributed by atoms with Gasteiger partial charge in [-0.05, 0) is 76.2 Å². The topological polar surface area (TPSA) is 79.7 Å². The van der Waals surface area contributed by atoms with Crippen LogP contribution in [-0.4, -0.2) is 63.8 Å². The van der Waals surface area contributed by atoms with E-state index in [-0.39, 0.29) is 17.9 Å². The van der Waals surface area contributed by atoms with Crippen LogP contribution in [0.5, 0.6) is 5.75 Å². The van der Waals surface area contributed by atoms with Gasteiger partial charge in [0, 0.05) is 31.4 Å². The number of likely N-dealkylation sites (tertiary alicyclic amines) is 1. The Morgan fingerprint density at radius 1 is 1.15 bits per heavy atom. The Hall–Kier alpha value is -2.87. The van der Waals surface area contributed by atoms with Crippen LogP contribution in [0.4, 0.5) is 4.79 Å². The molecule has 2 fully saturated rings. The Balaban J connectivity index is 1.37. The minimum Gasteiger partial charge on any atom is -0.497 e. The number of benzene rings is 1. The van der Waals surface area contributed by atoms with Gasteiger partial charge in [-0.25, -0.2) is 4.79 Å². The Morgan fingerprint density at radius 2 is 1.85 bits per heavy atom. The van der Waals surface area contributed by atoms with Crippen molar-refractivity contribution in [1.82, 2.24) is 24.9 Å². The van der Waals surface area contributed by atoms with Crippen molar-refractivity contribution in [2.45, 2.75) is 65.1 Å². The van der Waals surface area contributed by atoms with E-state index in [9.17, 15) is 9.59 Å². The van der Waals surface area contributed by atoms with Crippen LogP contribution in [0.2, 0.25) is 0 Å². The normalized spacial score (nSPS) is 21.8. The first-order chi connectivity index (χ1) is 16.4. The van der Waals surface area contributed by atoms with E-state index in [4.69, 9.17) is 4.74 Å². The third kappa shape index (κ3) is 4.69. The molecule has 8 heteroatoms. The van der Waals surface area contributed by atoms with Gasteiger partial charge in [-0.2, -0.15) is 5.10 Å². The average Bonchev–Trinajstić information content (AvgIpc) is 3.34. The molecule has 0 unspecified atom stereocenters. The lowest BCUT2D eigenvalue weighted by Gasteiger charge is -2.40. The number of nitrogens with zero attached hydrogens (tertiary/aromatic N) is 4. The van der Waals surface area contributed by atoms with E-state index in [0.29, 0.717) is 19.4 Å². The van der Waals surface area contributed by atoms with Crippen LogP contribution >= 0.6 is 0 Å². The third-order valence-corrected chi connectivity index (χ3v) is 7.59. The number of piperidine rings is 1. The Morgan fingerprint density at radius 3 is 2.44 bits per heavy atom. The zero-order chi connectivity index (χ0) is 24.3. The molecule has 1 atom stereocenters. The summed E-state index contributed by atoms with van der Waals surface area (Å²) in [6.07, 6.45) is 5.17.